The second-order valence-electron chi connectivity index (χ2n) is 5.64. The SMILES string of the molecule is COc1ccc(N=C(OC/C=C(/C)Cc2ccccc2)C(F)(F)F)cc1. The van der Waals surface area contributed by atoms with Gasteiger partial charge in [0.05, 0.1) is 12.8 Å². The van der Waals surface area contributed by atoms with Crippen molar-refractivity contribution in [3.63, 3.8) is 0 Å². The third-order valence-corrected chi connectivity index (χ3v) is 3.52. The quantitative estimate of drug-likeness (QED) is 0.386. The van der Waals surface area contributed by atoms with Crippen LogP contribution < -0.4 is 4.74 Å². The van der Waals surface area contributed by atoms with Gasteiger partial charge in [-0.1, -0.05) is 35.9 Å². The number of rotatable bonds is 6. The molecule has 0 saturated heterocycles. The molecule has 0 saturated carbocycles. The molecule has 0 amide bonds. The van der Waals surface area contributed by atoms with E-state index in [1.807, 2.05) is 37.3 Å². The van der Waals surface area contributed by atoms with E-state index in [1.54, 1.807) is 6.08 Å². The lowest BCUT2D eigenvalue weighted by atomic mass is 10.1. The van der Waals surface area contributed by atoms with Crippen LogP contribution in [0.3, 0.4) is 0 Å². The van der Waals surface area contributed by atoms with Crippen molar-refractivity contribution in [1.29, 1.82) is 0 Å². The van der Waals surface area contributed by atoms with Gasteiger partial charge in [0.1, 0.15) is 12.4 Å². The number of allylic oxidation sites excluding steroid dienone is 1. The van der Waals surface area contributed by atoms with Gasteiger partial charge >= 0.3 is 6.18 Å². The van der Waals surface area contributed by atoms with E-state index < -0.39 is 12.1 Å². The van der Waals surface area contributed by atoms with Crippen LogP contribution in [0.15, 0.2) is 71.2 Å². The van der Waals surface area contributed by atoms with E-state index in [9.17, 15) is 13.2 Å². The Bertz CT molecular complexity index is 751. The van der Waals surface area contributed by atoms with Crippen LogP contribution in [-0.2, 0) is 11.2 Å². The molecule has 0 fully saturated rings. The van der Waals surface area contributed by atoms with Gasteiger partial charge in [-0.25, -0.2) is 4.99 Å². The topological polar surface area (TPSA) is 30.8 Å². The average molecular weight is 363 g/mol. The highest BCUT2D eigenvalue weighted by Crippen LogP contribution is 2.24. The maximum Gasteiger partial charge on any atom is 0.468 e. The Morgan fingerprint density at radius 2 is 1.69 bits per heavy atom. The third kappa shape index (κ3) is 6.27. The van der Waals surface area contributed by atoms with Crippen molar-refractivity contribution in [2.24, 2.45) is 4.99 Å². The molecule has 0 aliphatic heterocycles. The molecule has 2 aromatic carbocycles. The zero-order valence-corrected chi connectivity index (χ0v) is 14.6. The fourth-order valence-electron chi connectivity index (χ4n) is 2.20. The average Bonchev–Trinajstić information content (AvgIpc) is 2.61. The van der Waals surface area contributed by atoms with Crippen molar-refractivity contribution >= 4 is 11.6 Å². The minimum Gasteiger partial charge on any atom is -0.497 e. The van der Waals surface area contributed by atoms with Crippen LogP contribution >= 0.6 is 0 Å². The lowest BCUT2D eigenvalue weighted by molar-refractivity contribution is -0.0770. The van der Waals surface area contributed by atoms with Gasteiger partial charge in [0.15, 0.2) is 0 Å². The largest absolute Gasteiger partial charge is 0.497 e. The highest BCUT2D eigenvalue weighted by atomic mass is 19.4. The van der Waals surface area contributed by atoms with Crippen LogP contribution in [0, 0.1) is 0 Å². The first-order valence-corrected chi connectivity index (χ1v) is 8.01. The fourth-order valence-corrected chi connectivity index (χ4v) is 2.20. The van der Waals surface area contributed by atoms with Gasteiger partial charge in [-0.05, 0) is 49.2 Å². The predicted octanol–water partition coefficient (Wildman–Crippen LogP) is 5.49. The number of methoxy groups -OCH3 is 1. The third-order valence-electron chi connectivity index (χ3n) is 3.52. The van der Waals surface area contributed by atoms with E-state index in [0.717, 1.165) is 11.1 Å². The molecule has 26 heavy (non-hydrogen) atoms. The fraction of sp³-hybridized carbons (Fsp3) is 0.250. The monoisotopic (exact) mass is 363 g/mol. The number of ether oxygens (including phenoxy) is 2. The summed E-state index contributed by atoms with van der Waals surface area (Å²) in [6, 6.07) is 15.6. The number of benzene rings is 2. The summed E-state index contributed by atoms with van der Waals surface area (Å²) in [5.74, 6) is -0.732. The van der Waals surface area contributed by atoms with Crippen LogP contribution in [-0.4, -0.2) is 25.8 Å². The highest BCUT2D eigenvalue weighted by Gasteiger charge is 2.38. The standard InChI is InChI=1S/C20H20F3NO2/c1-15(14-16-6-4-3-5-7-16)12-13-26-19(20(21,22)23)24-17-8-10-18(25-2)11-9-17/h3-12H,13-14H2,1-2H3/b15-12-,24-19?. The molecule has 0 radical (unpaired) electrons. The Morgan fingerprint density at radius 1 is 1.04 bits per heavy atom. The van der Waals surface area contributed by atoms with Gasteiger partial charge in [0, 0.05) is 0 Å². The molecule has 0 aliphatic rings. The smallest absolute Gasteiger partial charge is 0.468 e. The van der Waals surface area contributed by atoms with Crippen molar-refractivity contribution in [3.8, 4) is 5.75 Å². The maximum absolute atomic E-state index is 13.1. The zero-order chi connectivity index (χ0) is 19.0. The Balaban J connectivity index is 2.03. The van der Waals surface area contributed by atoms with E-state index in [1.165, 1.54) is 31.4 Å². The normalized spacial score (nSPS) is 12.8. The van der Waals surface area contributed by atoms with Crippen LogP contribution in [0.1, 0.15) is 12.5 Å². The van der Waals surface area contributed by atoms with Crippen LogP contribution in [0.4, 0.5) is 18.9 Å². The second-order valence-corrected chi connectivity index (χ2v) is 5.64. The molecule has 0 atom stereocenters. The minimum absolute atomic E-state index is 0.142. The summed E-state index contributed by atoms with van der Waals surface area (Å²) in [6.07, 6.45) is -2.38. The summed E-state index contributed by atoms with van der Waals surface area (Å²) in [5.41, 5.74) is 2.15. The summed E-state index contributed by atoms with van der Waals surface area (Å²) in [7, 11) is 1.48. The minimum atomic E-state index is -4.67. The van der Waals surface area contributed by atoms with Gasteiger partial charge in [0.25, 0.3) is 5.90 Å². The molecule has 2 rings (SSSR count). The molecule has 0 unspecified atom stereocenters. The predicted molar refractivity (Wildman–Crippen MR) is 96.0 cm³/mol. The Morgan fingerprint density at radius 3 is 2.27 bits per heavy atom. The van der Waals surface area contributed by atoms with Gasteiger partial charge in [-0.2, -0.15) is 13.2 Å². The first kappa shape index (κ1) is 19.6. The molecule has 0 N–H and O–H groups in total. The molecular weight excluding hydrogens is 343 g/mol. The van der Waals surface area contributed by atoms with E-state index in [-0.39, 0.29) is 12.3 Å². The van der Waals surface area contributed by atoms with Crippen molar-refractivity contribution in [3.05, 3.63) is 71.8 Å². The highest BCUT2D eigenvalue weighted by molar-refractivity contribution is 5.84. The van der Waals surface area contributed by atoms with Crippen LogP contribution in [0.5, 0.6) is 5.75 Å². The molecule has 0 spiro atoms. The van der Waals surface area contributed by atoms with Crippen molar-refractivity contribution in [1.82, 2.24) is 0 Å². The molecule has 0 aromatic heterocycles. The lowest BCUT2D eigenvalue weighted by Gasteiger charge is -2.11. The molecular formula is C20H20F3NO2. The van der Waals surface area contributed by atoms with Gasteiger partial charge in [0.2, 0.25) is 0 Å². The summed E-state index contributed by atoms with van der Waals surface area (Å²) >= 11 is 0. The van der Waals surface area contributed by atoms with Crippen molar-refractivity contribution in [2.75, 3.05) is 13.7 Å². The van der Waals surface area contributed by atoms with Crippen molar-refractivity contribution in [2.45, 2.75) is 19.5 Å². The summed E-state index contributed by atoms with van der Waals surface area (Å²) in [4.78, 5) is 3.57. The van der Waals surface area contributed by atoms with E-state index in [2.05, 4.69) is 4.99 Å². The summed E-state index contributed by atoms with van der Waals surface area (Å²) < 4.78 is 49.2. The molecule has 0 aliphatic carbocycles. The molecule has 138 valence electrons. The van der Waals surface area contributed by atoms with E-state index in [0.29, 0.717) is 12.2 Å². The Kier molecular flexibility index (Phi) is 6.83. The van der Waals surface area contributed by atoms with Crippen LogP contribution in [0.2, 0.25) is 0 Å². The molecule has 0 bridgehead atoms. The van der Waals surface area contributed by atoms with Gasteiger partial charge < -0.3 is 9.47 Å². The number of alkyl halides is 3. The first-order valence-electron chi connectivity index (χ1n) is 8.01. The molecule has 6 heteroatoms. The number of nitrogens with zero attached hydrogens (tertiary/aromatic N) is 1. The van der Waals surface area contributed by atoms with Crippen molar-refractivity contribution < 1.29 is 22.6 Å². The number of halogens is 3. The first-order chi connectivity index (χ1) is 12.4. The Hall–Kier alpha value is -2.76. The number of aliphatic imine (C=N–C) groups is 1. The number of hydrogen-bond acceptors (Lipinski definition) is 3. The zero-order valence-electron chi connectivity index (χ0n) is 14.6. The van der Waals surface area contributed by atoms with Crippen LogP contribution in [0.25, 0.3) is 0 Å². The molecule has 3 nitrogen and oxygen atoms in total. The molecule has 0 heterocycles. The molecule has 2 aromatic rings. The van der Waals surface area contributed by atoms with E-state index in [4.69, 9.17) is 9.47 Å². The summed E-state index contributed by atoms with van der Waals surface area (Å²) in [5, 5.41) is 0. The van der Waals surface area contributed by atoms with E-state index >= 15 is 0 Å². The van der Waals surface area contributed by atoms with Gasteiger partial charge in [-0.15, -0.1) is 0 Å². The Labute approximate surface area is 150 Å². The second kappa shape index (κ2) is 9.08. The lowest BCUT2D eigenvalue weighted by Crippen LogP contribution is -2.25. The summed E-state index contributed by atoms with van der Waals surface area (Å²) in [6.45, 7) is 1.65. The number of hydrogen-bond donors (Lipinski definition) is 0. The van der Waals surface area contributed by atoms with Gasteiger partial charge in [-0.3, -0.25) is 0 Å². The maximum atomic E-state index is 13.1.